The summed E-state index contributed by atoms with van der Waals surface area (Å²) >= 11 is 6.38. The summed E-state index contributed by atoms with van der Waals surface area (Å²) in [4.78, 5) is 0. The first kappa shape index (κ1) is 17.4. The number of halogens is 1. The smallest absolute Gasteiger partial charge is 0.0409 e. The van der Waals surface area contributed by atoms with Crippen LogP contribution in [0.3, 0.4) is 0 Å². The van der Waals surface area contributed by atoms with Gasteiger partial charge in [0.05, 0.1) is 0 Å². The molecule has 132 valence electrons. The first-order chi connectivity index (χ1) is 12.2. The summed E-state index contributed by atoms with van der Waals surface area (Å²) in [5.74, 6) is 0. The van der Waals surface area contributed by atoms with Crippen molar-refractivity contribution < 1.29 is 0 Å². The molecule has 3 aromatic rings. The zero-order valence-corrected chi connectivity index (χ0v) is 16.9. The van der Waals surface area contributed by atoms with Crippen molar-refractivity contribution in [1.29, 1.82) is 0 Å². The standard InChI is InChI=1S/C25H25Cl/c1-24(2,3)20-14-13-18(16-9-7-6-8-10-16)22-19-12-11-17(26)15-21(19)25(4,5)23(20)22/h6-15H,1-5H3. The van der Waals surface area contributed by atoms with Crippen LogP contribution in [0.4, 0.5) is 0 Å². The molecular formula is C25H25Cl. The molecule has 0 amide bonds. The summed E-state index contributed by atoms with van der Waals surface area (Å²) in [7, 11) is 0. The zero-order chi connectivity index (χ0) is 18.7. The van der Waals surface area contributed by atoms with Crippen molar-refractivity contribution in [3.05, 3.63) is 82.4 Å². The molecule has 1 aliphatic rings. The lowest BCUT2D eigenvalue weighted by atomic mass is 9.73. The number of benzene rings is 3. The van der Waals surface area contributed by atoms with Gasteiger partial charge in [0, 0.05) is 10.4 Å². The molecule has 0 heterocycles. The van der Waals surface area contributed by atoms with Crippen molar-refractivity contribution in [3.8, 4) is 22.3 Å². The van der Waals surface area contributed by atoms with Gasteiger partial charge in [-0.2, -0.15) is 0 Å². The molecule has 0 bridgehead atoms. The molecule has 0 radical (unpaired) electrons. The zero-order valence-electron chi connectivity index (χ0n) is 16.2. The number of rotatable bonds is 1. The molecule has 0 nitrogen and oxygen atoms in total. The van der Waals surface area contributed by atoms with E-state index in [2.05, 4.69) is 89.2 Å². The van der Waals surface area contributed by atoms with Crippen LogP contribution in [0.25, 0.3) is 22.3 Å². The van der Waals surface area contributed by atoms with Gasteiger partial charge >= 0.3 is 0 Å². The van der Waals surface area contributed by atoms with E-state index in [1.165, 1.54) is 38.9 Å². The third-order valence-electron chi connectivity index (χ3n) is 5.65. The summed E-state index contributed by atoms with van der Waals surface area (Å²) in [6.07, 6.45) is 0. The van der Waals surface area contributed by atoms with Crippen LogP contribution in [-0.4, -0.2) is 0 Å². The Morgan fingerprint density at radius 2 is 1.46 bits per heavy atom. The van der Waals surface area contributed by atoms with E-state index >= 15 is 0 Å². The first-order valence-corrected chi connectivity index (χ1v) is 9.63. The van der Waals surface area contributed by atoms with Crippen molar-refractivity contribution in [2.24, 2.45) is 0 Å². The third-order valence-corrected chi connectivity index (χ3v) is 5.88. The number of fused-ring (bicyclic) bond motifs is 3. The van der Waals surface area contributed by atoms with Crippen LogP contribution in [0.5, 0.6) is 0 Å². The van der Waals surface area contributed by atoms with E-state index in [9.17, 15) is 0 Å². The van der Waals surface area contributed by atoms with Gasteiger partial charge in [0.1, 0.15) is 0 Å². The predicted octanol–water partition coefficient (Wildman–Crippen LogP) is 7.61. The minimum absolute atomic E-state index is 0.0665. The molecule has 0 N–H and O–H groups in total. The van der Waals surface area contributed by atoms with Gasteiger partial charge in [0.25, 0.3) is 0 Å². The summed E-state index contributed by atoms with van der Waals surface area (Å²) in [6, 6.07) is 21.7. The Kier molecular flexibility index (Phi) is 3.82. The van der Waals surface area contributed by atoms with Gasteiger partial charge in [-0.05, 0) is 56.5 Å². The van der Waals surface area contributed by atoms with Gasteiger partial charge in [-0.1, -0.05) is 94.8 Å². The summed E-state index contributed by atoms with van der Waals surface area (Å²) < 4.78 is 0. The molecule has 0 fully saturated rings. The van der Waals surface area contributed by atoms with Crippen molar-refractivity contribution in [1.82, 2.24) is 0 Å². The fraction of sp³-hybridized carbons (Fsp3) is 0.280. The SMILES string of the molecule is CC(C)(C)c1ccc(-c2ccccc2)c2c1C(C)(C)c1cc(Cl)ccc1-2. The Bertz CT molecular complexity index is 989. The normalized spacial score (nSPS) is 14.8. The average molecular weight is 361 g/mol. The maximum Gasteiger partial charge on any atom is 0.0409 e. The van der Waals surface area contributed by atoms with Crippen molar-refractivity contribution >= 4 is 11.6 Å². The summed E-state index contributed by atoms with van der Waals surface area (Å²) in [5, 5.41) is 0.809. The molecule has 1 heteroatoms. The van der Waals surface area contributed by atoms with Crippen LogP contribution in [-0.2, 0) is 10.8 Å². The Morgan fingerprint density at radius 1 is 0.808 bits per heavy atom. The van der Waals surface area contributed by atoms with Crippen LogP contribution >= 0.6 is 11.6 Å². The molecule has 0 saturated carbocycles. The van der Waals surface area contributed by atoms with E-state index in [1.807, 2.05) is 6.07 Å². The molecule has 0 atom stereocenters. The van der Waals surface area contributed by atoms with E-state index in [0.717, 1.165) is 5.02 Å². The Morgan fingerprint density at radius 3 is 2.12 bits per heavy atom. The van der Waals surface area contributed by atoms with E-state index in [1.54, 1.807) is 0 Å². The minimum atomic E-state index is -0.0665. The highest BCUT2D eigenvalue weighted by Gasteiger charge is 2.40. The quantitative estimate of drug-likeness (QED) is 0.418. The maximum absolute atomic E-state index is 6.38. The van der Waals surface area contributed by atoms with E-state index in [-0.39, 0.29) is 10.8 Å². The van der Waals surface area contributed by atoms with Gasteiger partial charge < -0.3 is 0 Å². The Labute approximate surface area is 161 Å². The second kappa shape index (κ2) is 5.72. The minimum Gasteiger partial charge on any atom is -0.0843 e. The highest BCUT2D eigenvalue weighted by molar-refractivity contribution is 6.30. The lowest BCUT2D eigenvalue weighted by molar-refractivity contribution is 0.557. The van der Waals surface area contributed by atoms with Crippen molar-refractivity contribution in [3.63, 3.8) is 0 Å². The summed E-state index contributed by atoms with van der Waals surface area (Å²) in [5.41, 5.74) is 9.48. The van der Waals surface area contributed by atoms with E-state index in [4.69, 9.17) is 11.6 Å². The Balaban J connectivity index is 2.14. The van der Waals surface area contributed by atoms with Gasteiger partial charge in [-0.3, -0.25) is 0 Å². The highest BCUT2D eigenvalue weighted by Crippen LogP contribution is 2.55. The molecule has 0 saturated heterocycles. The monoisotopic (exact) mass is 360 g/mol. The number of hydrogen-bond acceptors (Lipinski definition) is 0. The van der Waals surface area contributed by atoms with Crippen LogP contribution in [0.15, 0.2) is 60.7 Å². The van der Waals surface area contributed by atoms with E-state index < -0.39 is 0 Å². The molecule has 1 aliphatic carbocycles. The fourth-order valence-electron chi connectivity index (χ4n) is 4.40. The number of hydrogen-bond donors (Lipinski definition) is 0. The lowest BCUT2D eigenvalue weighted by Gasteiger charge is -2.31. The van der Waals surface area contributed by atoms with Gasteiger partial charge in [-0.15, -0.1) is 0 Å². The molecule has 0 aromatic heterocycles. The molecule has 4 rings (SSSR count). The maximum atomic E-state index is 6.38. The van der Waals surface area contributed by atoms with Crippen LogP contribution in [0.2, 0.25) is 5.02 Å². The third kappa shape index (κ3) is 2.51. The van der Waals surface area contributed by atoms with Gasteiger partial charge in [0.2, 0.25) is 0 Å². The molecule has 3 aromatic carbocycles. The molecule has 0 unspecified atom stereocenters. The molecule has 0 aliphatic heterocycles. The lowest BCUT2D eigenvalue weighted by Crippen LogP contribution is -2.23. The van der Waals surface area contributed by atoms with E-state index in [0.29, 0.717) is 0 Å². The topological polar surface area (TPSA) is 0 Å². The second-order valence-electron chi connectivity index (χ2n) is 8.84. The largest absolute Gasteiger partial charge is 0.0843 e. The van der Waals surface area contributed by atoms with Gasteiger partial charge in [0.15, 0.2) is 0 Å². The first-order valence-electron chi connectivity index (χ1n) is 9.25. The van der Waals surface area contributed by atoms with Gasteiger partial charge in [-0.25, -0.2) is 0 Å². The van der Waals surface area contributed by atoms with Crippen LogP contribution in [0.1, 0.15) is 51.3 Å². The van der Waals surface area contributed by atoms with Crippen molar-refractivity contribution in [2.45, 2.75) is 45.4 Å². The molecule has 26 heavy (non-hydrogen) atoms. The van der Waals surface area contributed by atoms with Crippen molar-refractivity contribution in [2.75, 3.05) is 0 Å². The Hall–Kier alpha value is -2.05. The average Bonchev–Trinajstić information content (AvgIpc) is 2.82. The second-order valence-corrected chi connectivity index (χ2v) is 9.28. The van der Waals surface area contributed by atoms with Crippen LogP contribution in [0, 0.1) is 0 Å². The molecule has 0 spiro atoms. The summed E-state index contributed by atoms with van der Waals surface area (Å²) in [6.45, 7) is 11.6. The predicted molar refractivity (Wildman–Crippen MR) is 113 cm³/mol. The molecular weight excluding hydrogens is 336 g/mol. The highest BCUT2D eigenvalue weighted by atomic mass is 35.5. The fourth-order valence-corrected chi connectivity index (χ4v) is 4.57. The van der Waals surface area contributed by atoms with Crippen LogP contribution < -0.4 is 0 Å².